The molecule has 1 aliphatic carbocycles. The Bertz CT molecular complexity index is 243. The quantitative estimate of drug-likeness (QED) is 0.578. The number of piperidine rings is 1. The number of fused-ring (bicyclic) bond motifs is 1. The first-order chi connectivity index (χ1) is 5.46. The number of nitrogens with zero attached hydrogens (tertiary/aromatic N) is 1. The lowest BCUT2D eigenvalue weighted by atomic mass is 10.1. The van der Waals surface area contributed by atoms with Gasteiger partial charge in [-0.25, -0.2) is 4.39 Å². The summed E-state index contributed by atoms with van der Waals surface area (Å²) in [6, 6.07) is -0.294. The van der Waals surface area contributed by atoms with E-state index in [2.05, 4.69) is 0 Å². The van der Waals surface area contributed by atoms with Crippen LogP contribution in [0.25, 0.3) is 0 Å². The minimum Gasteiger partial charge on any atom is -0.298 e. The monoisotopic (exact) mass is 191 g/mol. The van der Waals surface area contributed by atoms with Crippen molar-refractivity contribution in [3.8, 4) is 0 Å². The van der Waals surface area contributed by atoms with Crippen molar-refractivity contribution in [2.24, 2.45) is 11.8 Å². The summed E-state index contributed by atoms with van der Waals surface area (Å²) in [5.74, 6) is -0.370. The van der Waals surface area contributed by atoms with Gasteiger partial charge in [0.2, 0.25) is 0 Å². The normalized spacial score (nSPS) is 52.2. The lowest BCUT2D eigenvalue weighted by Gasteiger charge is -2.22. The zero-order valence-electron chi connectivity index (χ0n) is 7.05. The number of ketones is 1. The SMILES string of the molecule is CC(=O)[C@@H]1[C@@H]2[C@H](CN1C)C2(F)Cl. The Morgan fingerprint density at radius 1 is 1.75 bits per heavy atom. The van der Waals surface area contributed by atoms with Crippen molar-refractivity contribution in [1.29, 1.82) is 0 Å². The van der Waals surface area contributed by atoms with Gasteiger partial charge in [-0.2, -0.15) is 0 Å². The van der Waals surface area contributed by atoms with E-state index in [0.29, 0.717) is 6.54 Å². The van der Waals surface area contributed by atoms with E-state index < -0.39 is 5.13 Å². The maximum absolute atomic E-state index is 13.3. The van der Waals surface area contributed by atoms with E-state index in [1.54, 1.807) is 0 Å². The fraction of sp³-hybridized carbons (Fsp3) is 0.875. The minimum atomic E-state index is -1.59. The summed E-state index contributed by atoms with van der Waals surface area (Å²) < 4.78 is 13.3. The zero-order valence-corrected chi connectivity index (χ0v) is 7.81. The van der Waals surface area contributed by atoms with E-state index in [1.807, 2.05) is 11.9 Å². The number of hydrogen-bond acceptors (Lipinski definition) is 2. The van der Waals surface area contributed by atoms with Crippen LogP contribution in [0.3, 0.4) is 0 Å². The van der Waals surface area contributed by atoms with Gasteiger partial charge in [0, 0.05) is 18.4 Å². The maximum atomic E-state index is 13.3. The van der Waals surface area contributed by atoms with E-state index >= 15 is 0 Å². The summed E-state index contributed by atoms with van der Waals surface area (Å²) in [5.41, 5.74) is 0. The molecular weight excluding hydrogens is 181 g/mol. The van der Waals surface area contributed by atoms with Gasteiger partial charge in [0.05, 0.1) is 6.04 Å². The van der Waals surface area contributed by atoms with Gasteiger partial charge >= 0.3 is 0 Å². The van der Waals surface area contributed by atoms with E-state index in [0.717, 1.165) is 0 Å². The molecule has 2 fully saturated rings. The maximum Gasteiger partial charge on any atom is 0.193 e. The third-order valence-electron chi connectivity index (χ3n) is 2.98. The third kappa shape index (κ3) is 0.866. The highest BCUT2D eigenvalue weighted by molar-refractivity contribution is 6.26. The Morgan fingerprint density at radius 3 is 2.67 bits per heavy atom. The molecule has 68 valence electrons. The summed E-state index contributed by atoms with van der Waals surface area (Å²) in [5, 5.41) is -1.59. The molecule has 1 unspecified atom stereocenters. The summed E-state index contributed by atoms with van der Waals surface area (Å²) in [6.07, 6.45) is 0. The number of Topliss-reactive ketones (excluding diaryl/α,β-unsaturated/α-hetero) is 1. The molecule has 2 rings (SSSR count). The van der Waals surface area contributed by atoms with Crippen molar-refractivity contribution in [2.75, 3.05) is 13.6 Å². The van der Waals surface area contributed by atoms with Gasteiger partial charge in [-0.05, 0) is 14.0 Å². The minimum absolute atomic E-state index is 0.0187. The lowest BCUT2D eigenvalue weighted by molar-refractivity contribution is -0.121. The van der Waals surface area contributed by atoms with E-state index in [4.69, 9.17) is 11.6 Å². The van der Waals surface area contributed by atoms with Crippen LogP contribution >= 0.6 is 11.6 Å². The van der Waals surface area contributed by atoms with Crippen molar-refractivity contribution < 1.29 is 9.18 Å². The summed E-state index contributed by atoms with van der Waals surface area (Å²) in [6.45, 7) is 2.10. The average molecular weight is 192 g/mol. The van der Waals surface area contributed by atoms with Crippen LogP contribution in [0.5, 0.6) is 0 Å². The van der Waals surface area contributed by atoms with Gasteiger partial charge in [0.15, 0.2) is 5.13 Å². The Morgan fingerprint density at radius 2 is 2.33 bits per heavy atom. The largest absolute Gasteiger partial charge is 0.298 e. The molecule has 0 N–H and O–H groups in total. The van der Waals surface area contributed by atoms with Crippen LogP contribution in [-0.2, 0) is 4.79 Å². The average Bonchev–Trinajstić information content (AvgIpc) is 2.40. The van der Waals surface area contributed by atoms with E-state index in [1.165, 1.54) is 6.92 Å². The second-order valence-electron chi connectivity index (χ2n) is 3.80. The Kier molecular flexibility index (Phi) is 1.55. The summed E-state index contributed by atoms with van der Waals surface area (Å²) in [7, 11) is 1.84. The zero-order chi connectivity index (χ0) is 9.09. The molecule has 1 aliphatic heterocycles. The van der Waals surface area contributed by atoms with Crippen molar-refractivity contribution in [3.05, 3.63) is 0 Å². The van der Waals surface area contributed by atoms with Gasteiger partial charge in [-0.1, -0.05) is 11.6 Å². The molecule has 0 radical (unpaired) electrons. The van der Waals surface area contributed by atoms with Crippen LogP contribution in [0, 0.1) is 11.8 Å². The molecule has 12 heavy (non-hydrogen) atoms. The van der Waals surface area contributed by atoms with Gasteiger partial charge < -0.3 is 0 Å². The molecule has 0 aromatic rings. The first-order valence-corrected chi connectivity index (χ1v) is 4.42. The Hall–Kier alpha value is -0.150. The van der Waals surface area contributed by atoms with Gasteiger partial charge in [0.1, 0.15) is 5.78 Å². The molecule has 2 nitrogen and oxygen atoms in total. The van der Waals surface area contributed by atoms with Crippen LogP contribution in [0.1, 0.15) is 6.92 Å². The molecule has 2 aliphatic rings. The number of carbonyl (C=O) groups excluding carboxylic acids is 1. The number of hydrogen-bond donors (Lipinski definition) is 0. The second-order valence-corrected chi connectivity index (χ2v) is 4.38. The van der Waals surface area contributed by atoms with Crippen LogP contribution in [0.4, 0.5) is 4.39 Å². The van der Waals surface area contributed by atoms with Crippen LogP contribution in [0.2, 0.25) is 0 Å². The molecule has 0 aromatic heterocycles. The highest BCUT2D eigenvalue weighted by Crippen LogP contribution is 2.63. The van der Waals surface area contributed by atoms with Crippen molar-refractivity contribution in [1.82, 2.24) is 4.90 Å². The number of alkyl halides is 2. The molecule has 1 saturated carbocycles. The molecular formula is C8H11ClFNO. The Balaban J connectivity index is 2.19. The lowest BCUT2D eigenvalue weighted by Crippen LogP contribution is -2.38. The summed E-state index contributed by atoms with van der Waals surface area (Å²) >= 11 is 5.57. The van der Waals surface area contributed by atoms with Crippen molar-refractivity contribution in [2.45, 2.75) is 18.1 Å². The molecule has 4 heteroatoms. The number of rotatable bonds is 1. The van der Waals surface area contributed by atoms with Crippen LogP contribution in [-0.4, -0.2) is 35.4 Å². The highest BCUT2D eigenvalue weighted by Gasteiger charge is 2.73. The first kappa shape index (κ1) is 8.45. The summed E-state index contributed by atoms with van der Waals surface area (Å²) in [4.78, 5) is 13.0. The van der Waals surface area contributed by atoms with Crippen molar-refractivity contribution in [3.63, 3.8) is 0 Å². The van der Waals surface area contributed by atoms with E-state index in [-0.39, 0.29) is 23.7 Å². The first-order valence-electron chi connectivity index (χ1n) is 4.04. The number of carbonyl (C=O) groups is 1. The van der Waals surface area contributed by atoms with Crippen LogP contribution < -0.4 is 0 Å². The Labute approximate surface area is 75.7 Å². The third-order valence-corrected chi connectivity index (χ3v) is 3.51. The van der Waals surface area contributed by atoms with Crippen molar-refractivity contribution >= 4 is 17.4 Å². The molecule has 1 heterocycles. The fourth-order valence-electron chi connectivity index (χ4n) is 2.34. The molecule has 0 aromatic carbocycles. The molecule has 0 spiro atoms. The number of likely N-dealkylation sites (N-methyl/N-ethyl adjacent to an activating group) is 1. The fourth-order valence-corrected chi connectivity index (χ4v) is 2.76. The van der Waals surface area contributed by atoms with E-state index in [9.17, 15) is 9.18 Å². The standard InChI is InChI=1S/C8H11ClFNO/c1-4(12)7-6-5(3-11(7)2)8(6,9)10/h5-7H,3H2,1-2H3/t5-,6-,7+,8?/m0/s1. The highest BCUT2D eigenvalue weighted by atomic mass is 35.5. The molecule has 4 atom stereocenters. The molecule has 0 amide bonds. The molecule has 1 saturated heterocycles. The number of halogens is 2. The molecule has 0 bridgehead atoms. The van der Waals surface area contributed by atoms with Crippen LogP contribution in [0.15, 0.2) is 0 Å². The predicted molar refractivity (Wildman–Crippen MR) is 43.8 cm³/mol. The number of likely N-dealkylation sites (tertiary alicyclic amines) is 1. The van der Waals surface area contributed by atoms with Gasteiger partial charge in [0.25, 0.3) is 0 Å². The van der Waals surface area contributed by atoms with Gasteiger partial charge in [-0.15, -0.1) is 0 Å². The topological polar surface area (TPSA) is 20.3 Å². The van der Waals surface area contributed by atoms with Gasteiger partial charge in [-0.3, -0.25) is 9.69 Å². The smallest absolute Gasteiger partial charge is 0.193 e. The second kappa shape index (κ2) is 2.20. The predicted octanol–water partition coefficient (Wildman–Crippen LogP) is 1.04.